The zero-order chi connectivity index (χ0) is 18.8. The molecule has 140 valence electrons. The van der Waals surface area contributed by atoms with Crippen molar-refractivity contribution in [3.8, 4) is 5.75 Å². The quantitative estimate of drug-likeness (QED) is 0.720. The second kappa shape index (κ2) is 7.09. The van der Waals surface area contributed by atoms with Crippen molar-refractivity contribution >= 4 is 6.09 Å². The summed E-state index contributed by atoms with van der Waals surface area (Å²) in [6.45, 7) is 5.95. The van der Waals surface area contributed by atoms with E-state index in [1.165, 1.54) is 4.90 Å². The molecule has 0 bridgehead atoms. The highest BCUT2D eigenvalue weighted by Gasteiger charge is 2.32. The Labute approximate surface area is 143 Å². The maximum Gasteiger partial charge on any atom is 0.416 e. The fourth-order valence-electron chi connectivity index (χ4n) is 2.43. The number of halogens is 4. The minimum absolute atomic E-state index is 0.333. The first-order chi connectivity index (χ1) is 11.5. The van der Waals surface area contributed by atoms with Gasteiger partial charge in [-0.3, -0.25) is 0 Å². The molecule has 1 aliphatic rings. The number of carbonyl (C=O) groups is 1. The molecule has 0 saturated carbocycles. The van der Waals surface area contributed by atoms with Crippen LogP contribution in [0.3, 0.4) is 0 Å². The molecule has 1 aliphatic heterocycles. The Balaban J connectivity index is 1.95. The van der Waals surface area contributed by atoms with Gasteiger partial charge in [0, 0.05) is 25.9 Å². The second-order valence-electron chi connectivity index (χ2n) is 6.93. The van der Waals surface area contributed by atoms with Gasteiger partial charge in [0.15, 0.2) is 11.6 Å². The van der Waals surface area contributed by atoms with E-state index in [-0.39, 0.29) is 0 Å². The monoisotopic (exact) mass is 363 g/mol. The van der Waals surface area contributed by atoms with Crippen LogP contribution in [0.5, 0.6) is 5.75 Å². The van der Waals surface area contributed by atoms with E-state index in [4.69, 9.17) is 9.47 Å². The average molecular weight is 363 g/mol. The van der Waals surface area contributed by atoms with Gasteiger partial charge in [0.25, 0.3) is 0 Å². The van der Waals surface area contributed by atoms with Gasteiger partial charge in [-0.1, -0.05) is 0 Å². The minimum Gasteiger partial charge on any atom is -0.487 e. The largest absolute Gasteiger partial charge is 0.487 e. The van der Waals surface area contributed by atoms with Crippen LogP contribution < -0.4 is 4.74 Å². The number of carbonyl (C=O) groups excluding carboxylic acids is 1. The Bertz CT molecular complexity index is 617. The summed E-state index contributed by atoms with van der Waals surface area (Å²) in [7, 11) is 0. The van der Waals surface area contributed by atoms with Crippen LogP contribution in [-0.2, 0) is 10.9 Å². The lowest BCUT2D eigenvalue weighted by molar-refractivity contribution is -0.137. The zero-order valence-corrected chi connectivity index (χ0v) is 14.3. The summed E-state index contributed by atoms with van der Waals surface area (Å²) in [5.41, 5.74) is -1.57. The smallest absolute Gasteiger partial charge is 0.416 e. The highest BCUT2D eigenvalue weighted by Crippen LogP contribution is 2.33. The predicted molar refractivity (Wildman–Crippen MR) is 82.9 cm³/mol. The molecule has 1 aromatic rings. The van der Waals surface area contributed by atoms with E-state index in [9.17, 15) is 22.4 Å². The molecule has 2 rings (SSSR count). The van der Waals surface area contributed by atoms with Crippen LogP contribution in [0.2, 0.25) is 0 Å². The molecule has 0 radical (unpaired) electrons. The van der Waals surface area contributed by atoms with Crippen LogP contribution in [0.1, 0.15) is 39.2 Å². The zero-order valence-electron chi connectivity index (χ0n) is 14.3. The number of likely N-dealkylation sites (tertiary alicyclic amines) is 1. The van der Waals surface area contributed by atoms with Gasteiger partial charge < -0.3 is 14.4 Å². The lowest BCUT2D eigenvalue weighted by Crippen LogP contribution is -2.44. The van der Waals surface area contributed by atoms with E-state index in [0.29, 0.717) is 38.1 Å². The maximum absolute atomic E-state index is 13.7. The number of benzene rings is 1. The molecule has 1 amide bonds. The van der Waals surface area contributed by atoms with Gasteiger partial charge >= 0.3 is 12.3 Å². The second-order valence-corrected chi connectivity index (χ2v) is 6.93. The first kappa shape index (κ1) is 19.3. The average Bonchev–Trinajstić information content (AvgIpc) is 2.47. The number of piperidine rings is 1. The van der Waals surface area contributed by atoms with Gasteiger partial charge in [0.2, 0.25) is 0 Å². The minimum atomic E-state index is -4.56. The number of alkyl halides is 3. The van der Waals surface area contributed by atoms with E-state index >= 15 is 0 Å². The predicted octanol–water partition coefficient (Wildman–Crippen LogP) is 4.62. The van der Waals surface area contributed by atoms with Crippen LogP contribution >= 0.6 is 0 Å². The van der Waals surface area contributed by atoms with Gasteiger partial charge in [-0.25, -0.2) is 9.18 Å². The van der Waals surface area contributed by atoms with Gasteiger partial charge in [0.1, 0.15) is 11.7 Å². The van der Waals surface area contributed by atoms with E-state index in [2.05, 4.69) is 0 Å². The molecule has 25 heavy (non-hydrogen) atoms. The Morgan fingerprint density at radius 3 is 2.28 bits per heavy atom. The maximum atomic E-state index is 13.7. The van der Waals surface area contributed by atoms with E-state index in [1.54, 1.807) is 20.8 Å². The van der Waals surface area contributed by atoms with Crippen molar-refractivity contribution in [1.82, 2.24) is 4.90 Å². The lowest BCUT2D eigenvalue weighted by atomic mass is 10.1. The molecule has 1 fully saturated rings. The third kappa shape index (κ3) is 5.51. The van der Waals surface area contributed by atoms with Gasteiger partial charge in [-0.15, -0.1) is 0 Å². The summed E-state index contributed by atoms with van der Waals surface area (Å²) >= 11 is 0. The summed E-state index contributed by atoms with van der Waals surface area (Å²) in [5, 5.41) is 0. The van der Waals surface area contributed by atoms with Crippen molar-refractivity contribution in [2.45, 2.75) is 51.5 Å². The van der Waals surface area contributed by atoms with E-state index in [0.717, 1.165) is 6.07 Å². The SMILES string of the molecule is CC(C)(C)OC(=O)N1CCC(Oc2cc(C(F)(F)F)ccc2F)CC1. The van der Waals surface area contributed by atoms with Crippen LogP contribution in [-0.4, -0.2) is 35.8 Å². The summed E-state index contributed by atoms with van der Waals surface area (Å²) in [6, 6.07) is 2.08. The Hall–Kier alpha value is -1.99. The molecule has 8 heteroatoms. The Kier molecular flexibility index (Phi) is 5.49. The summed E-state index contributed by atoms with van der Waals surface area (Å²) < 4.78 is 62.5. The first-order valence-corrected chi connectivity index (χ1v) is 7.97. The lowest BCUT2D eigenvalue weighted by Gasteiger charge is -2.33. The molecule has 0 spiro atoms. The molecule has 0 unspecified atom stereocenters. The molecule has 0 aromatic heterocycles. The number of ether oxygens (including phenoxy) is 2. The molecular weight excluding hydrogens is 342 g/mol. The molecule has 1 aromatic carbocycles. The third-order valence-electron chi connectivity index (χ3n) is 3.65. The number of nitrogens with zero attached hydrogens (tertiary/aromatic N) is 1. The molecule has 0 atom stereocenters. The number of rotatable bonds is 2. The Morgan fingerprint density at radius 2 is 1.76 bits per heavy atom. The van der Waals surface area contributed by atoms with E-state index < -0.39 is 41.1 Å². The van der Waals surface area contributed by atoms with Crippen molar-refractivity contribution in [2.24, 2.45) is 0 Å². The highest BCUT2D eigenvalue weighted by molar-refractivity contribution is 5.68. The molecule has 1 saturated heterocycles. The van der Waals surface area contributed by atoms with Crippen molar-refractivity contribution in [3.63, 3.8) is 0 Å². The first-order valence-electron chi connectivity index (χ1n) is 7.97. The highest BCUT2D eigenvalue weighted by atomic mass is 19.4. The van der Waals surface area contributed by atoms with Crippen LogP contribution in [0.4, 0.5) is 22.4 Å². The van der Waals surface area contributed by atoms with Crippen LogP contribution in [0.25, 0.3) is 0 Å². The summed E-state index contributed by atoms with van der Waals surface area (Å²) in [5.74, 6) is -1.27. The molecule has 0 aliphatic carbocycles. The number of hydrogen-bond donors (Lipinski definition) is 0. The van der Waals surface area contributed by atoms with E-state index in [1.807, 2.05) is 0 Å². The number of hydrogen-bond acceptors (Lipinski definition) is 3. The Morgan fingerprint density at radius 1 is 1.16 bits per heavy atom. The van der Waals surface area contributed by atoms with Crippen molar-refractivity contribution in [2.75, 3.05) is 13.1 Å². The van der Waals surface area contributed by atoms with Gasteiger partial charge in [0.05, 0.1) is 5.56 Å². The fraction of sp³-hybridized carbons (Fsp3) is 0.588. The van der Waals surface area contributed by atoms with Gasteiger partial charge in [-0.2, -0.15) is 13.2 Å². The topological polar surface area (TPSA) is 38.8 Å². The van der Waals surface area contributed by atoms with Crippen molar-refractivity contribution in [1.29, 1.82) is 0 Å². The van der Waals surface area contributed by atoms with Crippen LogP contribution in [0, 0.1) is 5.82 Å². The van der Waals surface area contributed by atoms with Gasteiger partial charge in [-0.05, 0) is 39.0 Å². The molecular formula is C17H21F4NO3. The number of amides is 1. The molecule has 1 heterocycles. The van der Waals surface area contributed by atoms with Crippen LogP contribution in [0.15, 0.2) is 18.2 Å². The van der Waals surface area contributed by atoms with Crippen molar-refractivity contribution < 1.29 is 31.8 Å². The summed E-state index contributed by atoms with van der Waals surface area (Å²) in [6.07, 6.45) is -4.71. The van der Waals surface area contributed by atoms with Crippen molar-refractivity contribution in [3.05, 3.63) is 29.6 Å². The third-order valence-corrected chi connectivity index (χ3v) is 3.65. The summed E-state index contributed by atoms with van der Waals surface area (Å²) in [4.78, 5) is 13.5. The molecule has 4 nitrogen and oxygen atoms in total. The standard InChI is InChI=1S/C17H21F4NO3/c1-16(2,3)25-15(23)22-8-6-12(7-9-22)24-14-10-11(17(19,20)21)4-5-13(14)18/h4-5,10,12H,6-9H2,1-3H3. The normalized spacial score (nSPS) is 16.7. The molecule has 0 N–H and O–H groups in total. The fourth-order valence-corrected chi connectivity index (χ4v) is 2.43.